The molecule has 1 aromatic rings. The largest absolute Gasteiger partial charge is 0.384 e. The molecule has 1 heterocycles. The van der Waals surface area contributed by atoms with Crippen LogP contribution in [-0.2, 0) is 0 Å². The van der Waals surface area contributed by atoms with Gasteiger partial charge in [-0.1, -0.05) is 6.92 Å². The first-order chi connectivity index (χ1) is 8.04. The van der Waals surface area contributed by atoms with Gasteiger partial charge in [0, 0.05) is 24.5 Å². The van der Waals surface area contributed by atoms with Crippen LogP contribution in [0, 0.1) is 6.92 Å². The molecule has 0 radical (unpaired) electrons. The smallest absolute Gasteiger partial charge is 0.255 e. The SMILES string of the molecule is CCCNc1cc(C)ncc1C(=O)NC(C)C. The maximum atomic E-state index is 12.0. The molecular formula is C13H21N3O. The van der Waals surface area contributed by atoms with E-state index >= 15 is 0 Å². The number of carbonyl (C=O) groups excluding carboxylic acids is 1. The average Bonchev–Trinajstić information content (AvgIpc) is 2.25. The zero-order valence-electron chi connectivity index (χ0n) is 11.0. The maximum Gasteiger partial charge on any atom is 0.255 e. The first-order valence-electron chi connectivity index (χ1n) is 6.06. The van der Waals surface area contributed by atoms with Gasteiger partial charge in [0.1, 0.15) is 0 Å². The van der Waals surface area contributed by atoms with Crippen molar-refractivity contribution >= 4 is 11.6 Å². The fraction of sp³-hybridized carbons (Fsp3) is 0.538. The number of nitrogens with one attached hydrogen (secondary N) is 2. The van der Waals surface area contributed by atoms with Crippen LogP contribution in [0.5, 0.6) is 0 Å². The van der Waals surface area contributed by atoms with E-state index in [0.29, 0.717) is 5.56 Å². The van der Waals surface area contributed by atoms with E-state index in [4.69, 9.17) is 0 Å². The maximum absolute atomic E-state index is 12.0. The highest BCUT2D eigenvalue weighted by molar-refractivity contribution is 5.99. The number of rotatable bonds is 5. The minimum Gasteiger partial charge on any atom is -0.384 e. The molecule has 0 fully saturated rings. The summed E-state index contributed by atoms with van der Waals surface area (Å²) < 4.78 is 0. The molecule has 1 rings (SSSR count). The summed E-state index contributed by atoms with van der Waals surface area (Å²) in [6.07, 6.45) is 2.65. The van der Waals surface area contributed by atoms with Crippen molar-refractivity contribution in [2.24, 2.45) is 0 Å². The molecule has 94 valence electrons. The summed E-state index contributed by atoms with van der Waals surface area (Å²) in [6.45, 7) is 8.75. The summed E-state index contributed by atoms with van der Waals surface area (Å²) in [5, 5.41) is 6.13. The zero-order valence-corrected chi connectivity index (χ0v) is 11.0. The molecule has 4 nitrogen and oxygen atoms in total. The fourth-order valence-electron chi connectivity index (χ4n) is 1.49. The summed E-state index contributed by atoms with van der Waals surface area (Å²) in [4.78, 5) is 16.1. The van der Waals surface area contributed by atoms with E-state index in [2.05, 4.69) is 22.5 Å². The molecule has 0 aliphatic carbocycles. The lowest BCUT2D eigenvalue weighted by molar-refractivity contribution is 0.0943. The van der Waals surface area contributed by atoms with Crippen molar-refractivity contribution in [2.75, 3.05) is 11.9 Å². The van der Waals surface area contributed by atoms with E-state index in [9.17, 15) is 4.79 Å². The second kappa shape index (κ2) is 6.23. The molecular weight excluding hydrogens is 214 g/mol. The molecule has 0 saturated heterocycles. The predicted molar refractivity (Wildman–Crippen MR) is 70.4 cm³/mol. The van der Waals surface area contributed by atoms with Crippen LogP contribution in [0.15, 0.2) is 12.3 Å². The number of aryl methyl sites for hydroxylation is 1. The first-order valence-corrected chi connectivity index (χ1v) is 6.06. The third-order valence-corrected chi connectivity index (χ3v) is 2.27. The highest BCUT2D eigenvalue weighted by Crippen LogP contribution is 2.15. The van der Waals surface area contributed by atoms with Gasteiger partial charge in [-0.2, -0.15) is 0 Å². The van der Waals surface area contributed by atoms with Gasteiger partial charge in [0.05, 0.1) is 11.3 Å². The quantitative estimate of drug-likeness (QED) is 0.823. The molecule has 0 bridgehead atoms. The molecule has 1 amide bonds. The second-order valence-corrected chi connectivity index (χ2v) is 4.43. The number of hydrogen-bond donors (Lipinski definition) is 2. The van der Waals surface area contributed by atoms with Gasteiger partial charge >= 0.3 is 0 Å². The number of carbonyl (C=O) groups is 1. The van der Waals surface area contributed by atoms with Gasteiger partial charge in [-0.05, 0) is 33.3 Å². The van der Waals surface area contributed by atoms with Crippen molar-refractivity contribution in [3.8, 4) is 0 Å². The lowest BCUT2D eigenvalue weighted by Gasteiger charge is -2.13. The van der Waals surface area contributed by atoms with Gasteiger partial charge in [-0.25, -0.2) is 0 Å². The molecule has 0 atom stereocenters. The minimum absolute atomic E-state index is 0.0777. The Morgan fingerprint density at radius 3 is 2.76 bits per heavy atom. The lowest BCUT2D eigenvalue weighted by Crippen LogP contribution is -2.30. The van der Waals surface area contributed by atoms with Crippen LogP contribution >= 0.6 is 0 Å². The van der Waals surface area contributed by atoms with Crippen LogP contribution in [0.3, 0.4) is 0 Å². The van der Waals surface area contributed by atoms with Crippen molar-refractivity contribution in [1.82, 2.24) is 10.3 Å². The number of nitrogens with zero attached hydrogens (tertiary/aromatic N) is 1. The van der Waals surface area contributed by atoms with E-state index in [1.54, 1.807) is 6.20 Å². The van der Waals surface area contributed by atoms with E-state index in [1.165, 1.54) is 0 Å². The number of aromatic nitrogens is 1. The second-order valence-electron chi connectivity index (χ2n) is 4.43. The van der Waals surface area contributed by atoms with E-state index in [1.807, 2.05) is 26.8 Å². The molecule has 2 N–H and O–H groups in total. The molecule has 0 aliphatic heterocycles. The van der Waals surface area contributed by atoms with Crippen molar-refractivity contribution in [2.45, 2.75) is 40.2 Å². The Labute approximate surface area is 103 Å². The topological polar surface area (TPSA) is 54.0 Å². The van der Waals surface area contributed by atoms with Gasteiger partial charge in [0.25, 0.3) is 5.91 Å². The van der Waals surface area contributed by atoms with Gasteiger partial charge in [0.15, 0.2) is 0 Å². The normalized spacial score (nSPS) is 10.4. The number of hydrogen-bond acceptors (Lipinski definition) is 3. The average molecular weight is 235 g/mol. The summed E-state index contributed by atoms with van der Waals surface area (Å²) in [7, 11) is 0. The van der Waals surface area contributed by atoms with E-state index in [-0.39, 0.29) is 11.9 Å². The van der Waals surface area contributed by atoms with E-state index in [0.717, 1.165) is 24.3 Å². The first kappa shape index (κ1) is 13.5. The Kier molecular flexibility index (Phi) is 4.94. The van der Waals surface area contributed by atoms with Gasteiger partial charge in [-0.3, -0.25) is 9.78 Å². The van der Waals surface area contributed by atoms with Crippen LogP contribution in [0.25, 0.3) is 0 Å². The molecule has 0 spiro atoms. The van der Waals surface area contributed by atoms with Crippen LogP contribution in [0.1, 0.15) is 43.2 Å². The highest BCUT2D eigenvalue weighted by Gasteiger charge is 2.12. The van der Waals surface area contributed by atoms with Gasteiger partial charge < -0.3 is 10.6 Å². The molecule has 0 unspecified atom stereocenters. The standard InChI is InChI=1S/C13H21N3O/c1-5-6-14-12-7-10(4)15-8-11(12)13(17)16-9(2)3/h7-9H,5-6H2,1-4H3,(H,14,15)(H,16,17). The van der Waals surface area contributed by atoms with Gasteiger partial charge in [-0.15, -0.1) is 0 Å². The van der Waals surface area contributed by atoms with Gasteiger partial charge in [0.2, 0.25) is 0 Å². The third kappa shape index (κ3) is 4.06. The Morgan fingerprint density at radius 1 is 1.47 bits per heavy atom. The summed E-state index contributed by atoms with van der Waals surface area (Å²) in [5.41, 5.74) is 2.37. The van der Waals surface area contributed by atoms with Crippen LogP contribution in [-0.4, -0.2) is 23.5 Å². The fourth-order valence-corrected chi connectivity index (χ4v) is 1.49. The zero-order chi connectivity index (χ0) is 12.8. The molecule has 4 heteroatoms. The molecule has 0 aliphatic rings. The summed E-state index contributed by atoms with van der Waals surface area (Å²) in [6, 6.07) is 2.04. The summed E-state index contributed by atoms with van der Waals surface area (Å²) >= 11 is 0. The molecule has 1 aromatic heterocycles. The van der Waals surface area contributed by atoms with Crippen LogP contribution in [0.2, 0.25) is 0 Å². The number of amides is 1. The Balaban J connectivity index is 2.92. The Hall–Kier alpha value is -1.58. The highest BCUT2D eigenvalue weighted by atomic mass is 16.1. The minimum atomic E-state index is -0.0777. The number of anilines is 1. The monoisotopic (exact) mass is 235 g/mol. The van der Waals surface area contributed by atoms with Crippen molar-refractivity contribution in [3.63, 3.8) is 0 Å². The van der Waals surface area contributed by atoms with Crippen LogP contribution in [0.4, 0.5) is 5.69 Å². The van der Waals surface area contributed by atoms with Crippen molar-refractivity contribution in [1.29, 1.82) is 0 Å². The lowest BCUT2D eigenvalue weighted by atomic mass is 10.2. The Morgan fingerprint density at radius 2 is 2.18 bits per heavy atom. The van der Waals surface area contributed by atoms with Crippen LogP contribution < -0.4 is 10.6 Å². The van der Waals surface area contributed by atoms with Crippen molar-refractivity contribution < 1.29 is 4.79 Å². The Bertz CT molecular complexity index is 388. The molecule has 0 saturated carbocycles. The predicted octanol–water partition coefficient (Wildman–Crippen LogP) is 2.35. The third-order valence-electron chi connectivity index (χ3n) is 2.27. The summed E-state index contributed by atoms with van der Waals surface area (Å²) in [5.74, 6) is -0.0777. The molecule has 17 heavy (non-hydrogen) atoms. The number of pyridine rings is 1. The van der Waals surface area contributed by atoms with Crippen molar-refractivity contribution in [3.05, 3.63) is 23.5 Å². The molecule has 0 aromatic carbocycles. The van der Waals surface area contributed by atoms with E-state index < -0.39 is 0 Å².